The van der Waals surface area contributed by atoms with E-state index >= 15 is 0 Å². The maximum atomic E-state index is 10.7. The second kappa shape index (κ2) is 11.0. The third-order valence-corrected chi connectivity index (χ3v) is 2.29. The van der Waals surface area contributed by atoms with Crippen LogP contribution >= 0.6 is 0 Å². The van der Waals surface area contributed by atoms with Gasteiger partial charge in [0.2, 0.25) is 0 Å². The fourth-order valence-electron chi connectivity index (χ4n) is 1.37. The zero-order chi connectivity index (χ0) is 13.8. The largest absolute Gasteiger partial charge is 0.459 e. The normalized spacial score (nSPS) is 13.3. The van der Waals surface area contributed by atoms with Crippen molar-refractivity contribution < 1.29 is 24.1 Å². The number of esters is 1. The number of ether oxygens (including phenoxy) is 3. The van der Waals surface area contributed by atoms with Crippen molar-refractivity contribution >= 4 is 5.97 Å². The van der Waals surface area contributed by atoms with Gasteiger partial charge in [-0.15, -0.1) is 0 Å². The molecule has 0 aliphatic carbocycles. The maximum Gasteiger partial charge on any atom is 0.384 e. The molecule has 0 aromatic rings. The molecular weight excluding hydrogens is 236 g/mol. The van der Waals surface area contributed by atoms with Crippen LogP contribution in [-0.2, 0) is 19.0 Å². The van der Waals surface area contributed by atoms with Crippen LogP contribution in [0.3, 0.4) is 0 Å². The van der Waals surface area contributed by atoms with Crippen LogP contribution in [0.5, 0.6) is 0 Å². The van der Waals surface area contributed by atoms with E-state index in [1.165, 1.54) is 7.11 Å². The molecule has 1 N–H and O–H groups in total. The van der Waals surface area contributed by atoms with Crippen LogP contribution in [-0.4, -0.2) is 44.3 Å². The summed E-state index contributed by atoms with van der Waals surface area (Å²) in [6.07, 6.45) is 2.05. The Hall–Kier alpha value is -1.09. The summed E-state index contributed by atoms with van der Waals surface area (Å²) in [5, 5.41) is 9.71. The third-order valence-electron chi connectivity index (χ3n) is 2.29. The minimum atomic E-state index is -0.530. The van der Waals surface area contributed by atoms with Crippen LogP contribution in [0.4, 0.5) is 0 Å². The lowest BCUT2D eigenvalue weighted by Crippen LogP contribution is -2.19. The first-order chi connectivity index (χ1) is 8.60. The molecule has 0 radical (unpaired) electrons. The minimum Gasteiger partial charge on any atom is -0.459 e. The van der Waals surface area contributed by atoms with Gasteiger partial charge in [-0.1, -0.05) is 5.92 Å². The van der Waals surface area contributed by atoms with Crippen LogP contribution in [0.15, 0.2) is 0 Å². The summed E-state index contributed by atoms with van der Waals surface area (Å²) < 4.78 is 14.4. The molecule has 0 saturated heterocycles. The standard InChI is InChI=1S/C13H22O5/c1-11(18-10-16-2)9-12(14)7-5-4-6-8-13(15)17-3/h11-12,14H,4-5,7,9-10H2,1-3H3/t11-,12+/m0/s1. The van der Waals surface area contributed by atoms with Gasteiger partial charge in [-0.25, -0.2) is 4.79 Å². The SMILES string of the molecule is COCO[C@@H](C)C[C@H](O)CCCC#CC(=O)OC. The van der Waals surface area contributed by atoms with E-state index in [1.807, 2.05) is 6.92 Å². The summed E-state index contributed by atoms with van der Waals surface area (Å²) in [5.41, 5.74) is 0. The molecule has 0 spiro atoms. The van der Waals surface area contributed by atoms with Crippen LogP contribution in [0.25, 0.3) is 0 Å². The highest BCUT2D eigenvalue weighted by Crippen LogP contribution is 2.09. The maximum absolute atomic E-state index is 10.7. The summed E-state index contributed by atoms with van der Waals surface area (Å²) >= 11 is 0. The summed E-state index contributed by atoms with van der Waals surface area (Å²) in [6.45, 7) is 2.12. The Balaban J connectivity index is 3.60. The summed E-state index contributed by atoms with van der Waals surface area (Å²) in [5.74, 6) is 4.50. The van der Waals surface area contributed by atoms with Crippen LogP contribution < -0.4 is 0 Å². The molecule has 5 nitrogen and oxygen atoms in total. The molecule has 2 atom stereocenters. The van der Waals surface area contributed by atoms with E-state index < -0.39 is 12.1 Å². The number of unbranched alkanes of at least 4 members (excludes halogenated alkanes) is 1. The molecule has 5 heteroatoms. The van der Waals surface area contributed by atoms with E-state index in [-0.39, 0.29) is 12.9 Å². The molecule has 0 aliphatic heterocycles. The number of aliphatic hydroxyl groups is 1. The van der Waals surface area contributed by atoms with Crippen molar-refractivity contribution in [3.63, 3.8) is 0 Å². The van der Waals surface area contributed by atoms with Crippen molar-refractivity contribution in [3.8, 4) is 11.8 Å². The highest BCUT2D eigenvalue weighted by molar-refractivity contribution is 5.88. The number of methoxy groups -OCH3 is 2. The van der Waals surface area contributed by atoms with Crippen molar-refractivity contribution in [1.82, 2.24) is 0 Å². The monoisotopic (exact) mass is 258 g/mol. The number of carbonyl (C=O) groups excluding carboxylic acids is 1. The predicted octanol–water partition coefficient (Wildman–Crippen LogP) is 1.09. The van der Waals surface area contributed by atoms with Gasteiger partial charge >= 0.3 is 5.97 Å². The highest BCUT2D eigenvalue weighted by atomic mass is 16.7. The number of hydrogen-bond donors (Lipinski definition) is 1. The van der Waals surface area contributed by atoms with E-state index in [9.17, 15) is 9.90 Å². The Morgan fingerprint density at radius 1 is 1.39 bits per heavy atom. The van der Waals surface area contributed by atoms with E-state index in [2.05, 4.69) is 16.6 Å². The summed E-state index contributed by atoms with van der Waals surface area (Å²) in [7, 11) is 2.85. The molecule has 0 saturated carbocycles. The fraction of sp³-hybridized carbons (Fsp3) is 0.769. The molecule has 0 aromatic heterocycles. The summed E-state index contributed by atoms with van der Waals surface area (Å²) in [6, 6.07) is 0. The van der Waals surface area contributed by atoms with Crippen LogP contribution in [0, 0.1) is 11.8 Å². The Morgan fingerprint density at radius 2 is 2.11 bits per heavy atom. The Bertz CT molecular complexity index is 279. The lowest BCUT2D eigenvalue weighted by Gasteiger charge is -2.16. The number of rotatable bonds is 8. The Morgan fingerprint density at radius 3 is 2.72 bits per heavy atom. The molecule has 0 rings (SSSR count). The van der Waals surface area contributed by atoms with Crippen LogP contribution in [0.2, 0.25) is 0 Å². The fourth-order valence-corrected chi connectivity index (χ4v) is 1.37. The van der Waals surface area contributed by atoms with Gasteiger partial charge in [0.05, 0.1) is 19.3 Å². The first-order valence-electron chi connectivity index (χ1n) is 5.95. The van der Waals surface area contributed by atoms with Gasteiger partial charge in [0.25, 0.3) is 0 Å². The third kappa shape index (κ3) is 10.1. The van der Waals surface area contributed by atoms with Crippen molar-refractivity contribution in [1.29, 1.82) is 0 Å². The average Bonchev–Trinajstić information content (AvgIpc) is 2.35. The predicted molar refractivity (Wildman–Crippen MR) is 66.7 cm³/mol. The average molecular weight is 258 g/mol. The minimum absolute atomic E-state index is 0.0406. The van der Waals surface area contributed by atoms with Crippen molar-refractivity contribution in [3.05, 3.63) is 0 Å². The van der Waals surface area contributed by atoms with E-state index in [0.29, 0.717) is 19.3 Å². The molecule has 104 valence electrons. The smallest absolute Gasteiger partial charge is 0.384 e. The first-order valence-corrected chi connectivity index (χ1v) is 5.95. The van der Waals surface area contributed by atoms with Gasteiger partial charge in [-0.05, 0) is 26.2 Å². The molecule has 0 unspecified atom stereocenters. The van der Waals surface area contributed by atoms with Gasteiger partial charge in [0, 0.05) is 19.5 Å². The molecule has 0 fully saturated rings. The van der Waals surface area contributed by atoms with Crippen molar-refractivity contribution in [2.24, 2.45) is 0 Å². The number of carbonyl (C=O) groups is 1. The second-order valence-electron chi connectivity index (χ2n) is 3.96. The lowest BCUT2D eigenvalue weighted by molar-refractivity contribution is -0.133. The number of aliphatic hydroxyl groups excluding tert-OH is 1. The second-order valence-corrected chi connectivity index (χ2v) is 3.96. The highest BCUT2D eigenvalue weighted by Gasteiger charge is 2.10. The van der Waals surface area contributed by atoms with E-state index in [4.69, 9.17) is 9.47 Å². The van der Waals surface area contributed by atoms with Gasteiger partial charge in [-0.2, -0.15) is 0 Å². The van der Waals surface area contributed by atoms with Gasteiger partial charge in [0.15, 0.2) is 0 Å². The van der Waals surface area contributed by atoms with Gasteiger partial charge < -0.3 is 19.3 Å². The molecular formula is C13H22O5. The zero-order valence-corrected chi connectivity index (χ0v) is 11.3. The molecule has 18 heavy (non-hydrogen) atoms. The van der Waals surface area contributed by atoms with Gasteiger partial charge in [0.1, 0.15) is 6.79 Å². The topological polar surface area (TPSA) is 65.0 Å². The van der Waals surface area contributed by atoms with E-state index in [0.717, 1.165) is 6.42 Å². The summed E-state index contributed by atoms with van der Waals surface area (Å²) in [4.78, 5) is 10.7. The first kappa shape index (κ1) is 16.9. The quantitative estimate of drug-likeness (QED) is 0.232. The Labute approximate surface area is 108 Å². The van der Waals surface area contributed by atoms with E-state index in [1.54, 1.807) is 7.11 Å². The Kier molecular flexibility index (Phi) is 10.4. The van der Waals surface area contributed by atoms with Crippen molar-refractivity contribution in [2.45, 2.75) is 44.8 Å². The number of hydrogen-bond acceptors (Lipinski definition) is 5. The van der Waals surface area contributed by atoms with Gasteiger partial charge in [-0.3, -0.25) is 0 Å². The van der Waals surface area contributed by atoms with Crippen molar-refractivity contribution in [2.75, 3.05) is 21.0 Å². The molecule has 0 heterocycles. The lowest BCUT2D eigenvalue weighted by atomic mass is 10.1. The van der Waals surface area contributed by atoms with Crippen LogP contribution in [0.1, 0.15) is 32.6 Å². The molecule has 0 aliphatic rings. The molecule has 0 bridgehead atoms. The molecule has 0 amide bonds. The molecule has 0 aromatic carbocycles. The zero-order valence-electron chi connectivity index (χ0n) is 11.3.